The summed E-state index contributed by atoms with van der Waals surface area (Å²) in [7, 11) is 0. The van der Waals surface area contributed by atoms with Crippen LogP contribution < -0.4 is 11.5 Å². The van der Waals surface area contributed by atoms with E-state index in [1.165, 1.54) is 0 Å². The highest BCUT2D eigenvalue weighted by molar-refractivity contribution is 4.38. The van der Waals surface area contributed by atoms with Gasteiger partial charge >= 0.3 is 0 Å². The summed E-state index contributed by atoms with van der Waals surface area (Å²) in [4.78, 5) is 0. The van der Waals surface area contributed by atoms with E-state index in [4.69, 9.17) is 11.5 Å². The molecule has 0 bridgehead atoms. The van der Waals surface area contributed by atoms with Crippen LogP contribution in [0.15, 0.2) is 0 Å². The minimum atomic E-state index is 0.775. The number of unbranched alkanes of at least 4 members (excludes halogenated alkanes) is 1. The van der Waals surface area contributed by atoms with Crippen LogP contribution in [0.4, 0.5) is 0 Å². The van der Waals surface area contributed by atoms with Crippen LogP contribution >= 0.6 is 0 Å². The summed E-state index contributed by atoms with van der Waals surface area (Å²) in [6, 6.07) is 0. The van der Waals surface area contributed by atoms with Crippen LogP contribution in [0, 0.1) is 0 Å². The highest BCUT2D eigenvalue weighted by Gasteiger charge is 1.75. The Morgan fingerprint density at radius 2 is 1.17 bits per heavy atom. The zero-order chi connectivity index (χ0) is 4.83. The van der Waals surface area contributed by atoms with E-state index in [1.54, 1.807) is 0 Å². The fourth-order valence-corrected chi connectivity index (χ4v) is 0.289. The van der Waals surface area contributed by atoms with Crippen molar-refractivity contribution in [1.29, 1.82) is 0 Å². The first kappa shape index (κ1) is 5.92. The number of hydrogen-bond acceptors (Lipinski definition) is 2. The van der Waals surface area contributed by atoms with E-state index < -0.39 is 0 Å². The summed E-state index contributed by atoms with van der Waals surface area (Å²) >= 11 is 0. The summed E-state index contributed by atoms with van der Waals surface area (Å²) < 4.78 is 0. The van der Waals surface area contributed by atoms with Gasteiger partial charge in [0, 0.05) is 0 Å². The smallest absolute Gasteiger partial charge is 0.00768 e. The Balaban J connectivity index is 2.34. The SMILES string of the molecule is N[13CH2]CC[13CH2]N. The Bertz CT molecular complexity index is 17.5. The normalized spacial score (nSPS) is 9.00. The Morgan fingerprint density at radius 1 is 0.833 bits per heavy atom. The topological polar surface area (TPSA) is 52.0 Å². The van der Waals surface area contributed by atoms with Crippen LogP contribution in [0.2, 0.25) is 0 Å². The van der Waals surface area contributed by atoms with Crippen molar-refractivity contribution in [3.05, 3.63) is 0 Å². The highest BCUT2D eigenvalue weighted by atomic mass is 14.8. The molecule has 0 aliphatic carbocycles. The van der Waals surface area contributed by atoms with Crippen molar-refractivity contribution in [2.45, 2.75) is 12.8 Å². The van der Waals surface area contributed by atoms with Crippen molar-refractivity contribution in [2.75, 3.05) is 13.1 Å². The van der Waals surface area contributed by atoms with Gasteiger partial charge in [-0.25, -0.2) is 0 Å². The molecule has 0 rings (SSSR count). The Labute approximate surface area is 38.5 Å². The second-order valence-electron chi connectivity index (χ2n) is 1.28. The molecule has 0 fully saturated rings. The number of hydrogen-bond donors (Lipinski definition) is 2. The van der Waals surface area contributed by atoms with Gasteiger partial charge in [-0.1, -0.05) is 0 Å². The molecule has 6 heavy (non-hydrogen) atoms. The van der Waals surface area contributed by atoms with E-state index in [2.05, 4.69) is 0 Å². The zero-order valence-electron chi connectivity index (χ0n) is 3.98. The van der Waals surface area contributed by atoms with Gasteiger partial charge in [-0.15, -0.1) is 0 Å². The molecule has 0 saturated heterocycles. The third kappa shape index (κ3) is 3.92. The third-order valence-electron chi connectivity index (χ3n) is 0.658. The second kappa shape index (κ2) is 4.92. The molecule has 0 aromatic heterocycles. The summed E-state index contributed by atoms with van der Waals surface area (Å²) in [5.41, 5.74) is 10.3. The van der Waals surface area contributed by atoms with Gasteiger partial charge in [0.15, 0.2) is 0 Å². The predicted octanol–water partition coefficient (Wildman–Crippen LogP) is -0.316. The minimum absolute atomic E-state index is 0.775. The van der Waals surface area contributed by atoms with Gasteiger partial charge in [0.2, 0.25) is 0 Å². The maximum atomic E-state index is 5.16. The lowest BCUT2D eigenvalue weighted by molar-refractivity contribution is 0.755. The van der Waals surface area contributed by atoms with Crippen molar-refractivity contribution in [2.24, 2.45) is 11.5 Å². The monoisotopic (exact) mass is 90.1 g/mol. The first-order chi connectivity index (χ1) is 2.91. The summed E-state index contributed by atoms with van der Waals surface area (Å²) in [6.07, 6.45) is 2.13. The van der Waals surface area contributed by atoms with Crippen molar-refractivity contribution < 1.29 is 0 Å². The minimum Gasteiger partial charge on any atom is -0.330 e. The molecule has 0 spiro atoms. The van der Waals surface area contributed by atoms with Gasteiger partial charge in [0.05, 0.1) is 0 Å². The Hall–Kier alpha value is -0.0800. The van der Waals surface area contributed by atoms with Gasteiger partial charge in [0.25, 0.3) is 0 Å². The Morgan fingerprint density at radius 3 is 1.33 bits per heavy atom. The average Bonchev–Trinajstić information content (AvgIpc) is 1.61. The first-order valence-electron chi connectivity index (χ1n) is 2.32. The number of nitrogens with two attached hydrogens (primary N) is 2. The quantitative estimate of drug-likeness (QED) is 0.369. The molecule has 0 radical (unpaired) electrons. The average molecular weight is 90.1 g/mol. The molecule has 4 N–H and O–H groups in total. The fraction of sp³-hybridized carbons (Fsp3) is 1.00. The van der Waals surface area contributed by atoms with Gasteiger partial charge < -0.3 is 11.5 Å². The molecule has 0 aliphatic rings. The van der Waals surface area contributed by atoms with Gasteiger partial charge in [-0.05, 0) is 25.9 Å². The molecule has 38 valence electrons. The molecular formula is C4H12N2. The molecule has 0 saturated carbocycles. The first-order valence-corrected chi connectivity index (χ1v) is 2.32. The van der Waals surface area contributed by atoms with E-state index >= 15 is 0 Å². The molecule has 0 amide bonds. The van der Waals surface area contributed by atoms with E-state index in [0.29, 0.717) is 0 Å². The number of rotatable bonds is 3. The summed E-state index contributed by atoms with van der Waals surface area (Å²) in [5.74, 6) is 0. The molecule has 2 nitrogen and oxygen atoms in total. The maximum absolute atomic E-state index is 5.16. The predicted molar refractivity (Wildman–Crippen MR) is 27.3 cm³/mol. The van der Waals surface area contributed by atoms with E-state index in [-0.39, 0.29) is 0 Å². The van der Waals surface area contributed by atoms with E-state index in [1.807, 2.05) is 0 Å². The van der Waals surface area contributed by atoms with Crippen LogP contribution in [-0.2, 0) is 0 Å². The van der Waals surface area contributed by atoms with Crippen molar-refractivity contribution in [3.8, 4) is 0 Å². The van der Waals surface area contributed by atoms with Crippen molar-refractivity contribution in [1.82, 2.24) is 0 Å². The molecule has 0 aromatic carbocycles. The lowest BCUT2D eigenvalue weighted by Crippen LogP contribution is -2.03. The van der Waals surface area contributed by atoms with Gasteiger partial charge in [0.1, 0.15) is 0 Å². The van der Waals surface area contributed by atoms with Crippen LogP contribution in [0.5, 0.6) is 0 Å². The van der Waals surface area contributed by atoms with Crippen LogP contribution in [0.25, 0.3) is 0 Å². The molecule has 0 unspecified atom stereocenters. The fourth-order valence-electron chi connectivity index (χ4n) is 0.289. The van der Waals surface area contributed by atoms with Crippen LogP contribution in [-0.4, -0.2) is 13.1 Å². The van der Waals surface area contributed by atoms with Crippen molar-refractivity contribution >= 4 is 0 Å². The molecule has 0 heterocycles. The standard InChI is InChI=1S/C4H12N2/c5-3-1-2-4-6/h1-6H2/i3+1,4+1. The van der Waals surface area contributed by atoms with Crippen LogP contribution in [0.3, 0.4) is 0 Å². The van der Waals surface area contributed by atoms with Gasteiger partial charge in [-0.3, -0.25) is 0 Å². The maximum Gasteiger partial charge on any atom is -0.00768 e. The summed E-state index contributed by atoms with van der Waals surface area (Å²) in [6.45, 7) is 1.55. The summed E-state index contributed by atoms with van der Waals surface area (Å²) in [5, 5.41) is 0. The van der Waals surface area contributed by atoms with E-state index in [9.17, 15) is 0 Å². The lowest BCUT2D eigenvalue weighted by Gasteiger charge is -1.87. The molecule has 0 atom stereocenters. The van der Waals surface area contributed by atoms with E-state index in [0.717, 1.165) is 25.9 Å². The van der Waals surface area contributed by atoms with Crippen LogP contribution in [0.1, 0.15) is 12.8 Å². The lowest BCUT2D eigenvalue weighted by atomic mass is 10.5. The largest absolute Gasteiger partial charge is 0.330 e. The second-order valence-corrected chi connectivity index (χ2v) is 1.28. The third-order valence-corrected chi connectivity index (χ3v) is 0.658. The molecule has 0 aliphatic heterocycles. The van der Waals surface area contributed by atoms with Crippen molar-refractivity contribution in [3.63, 3.8) is 0 Å². The molecular weight excluding hydrogens is 78.0 g/mol. The molecule has 2 heteroatoms. The Kier molecular flexibility index (Phi) is 4.85. The van der Waals surface area contributed by atoms with Gasteiger partial charge in [-0.2, -0.15) is 0 Å². The highest BCUT2D eigenvalue weighted by Crippen LogP contribution is 1.77. The zero-order valence-corrected chi connectivity index (χ0v) is 3.98. The molecule has 0 aromatic rings.